The number of carbonyl (C=O) groups excluding carboxylic acids is 2. The van der Waals surface area contributed by atoms with E-state index in [1.807, 2.05) is 0 Å². The minimum Gasteiger partial charge on any atom is -0.295 e. The second-order valence-electron chi connectivity index (χ2n) is 4.59. The lowest BCUT2D eigenvalue weighted by molar-refractivity contribution is -0.136. The van der Waals surface area contributed by atoms with Crippen LogP contribution in [0.25, 0.3) is 10.8 Å². The van der Waals surface area contributed by atoms with Gasteiger partial charge >= 0.3 is 0 Å². The van der Waals surface area contributed by atoms with Crippen LogP contribution in [0, 0.1) is 5.82 Å². The van der Waals surface area contributed by atoms with Crippen LogP contribution in [-0.2, 0) is 9.59 Å². The number of hydrogen-bond donors (Lipinski definition) is 1. The van der Waals surface area contributed by atoms with Gasteiger partial charge in [-0.25, -0.2) is 9.07 Å². The van der Waals surface area contributed by atoms with Gasteiger partial charge in [-0.3, -0.25) is 19.7 Å². The largest absolute Gasteiger partial charge is 0.295 e. The van der Waals surface area contributed by atoms with Gasteiger partial charge < -0.3 is 0 Å². The van der Waals surface area contributed by atoms with Crippen LogP contribution in [0.15, 0.2) is 29.2 Å². The standard InChI is InChI=1S/C13H10FN3O3/c14-8-1-2-9-7(5-8)6-15-17(13(9)20)10-3-4-11(18)16-12(10)19/h1-2,5-6,10H,3-4H2,(H,16,18,19). The van der Waals surface area contributed by atoms with E-state index in [4.69, 9.17) is 0 Å². The fourth-order valence-electron chi connectivity index (χ4n) is 2.27. The molecule has 102 valence electrons. The predicted molar refractivity (Wildman–Crippen MR) is 67.4 cm³/mol. The molecule has 0 radical (unpaired) electrons. The Morgan fingerprint density at radius 3 is 2.85 bits per heavy atom. The molecule has 2 heterocycles. The summed E-state index contributed by atoms with van der Waals surface area (Å²) in [5, 5.41) is 6.74. The summed E-state index contributed by atoms with van der Waals surface area (Å²) in [5.41, 5.74) is -0.475. The SMILES string of the molecule is O=C1CCC(n2ncc3cc(F)ccc3c2=O)C(=O)N1. The third kappa shape index (κ3) is 1.97. The molecule has 1 atom stereocenters. The molecule has 1 aromatic heterocycles. The first-order valence-electron chi connectivity index (χ1n) is 6.07. The first kappa shape index (κ1) is 12.5. The molecule has 1 unspecified atom stereocenters. The summed E-state index contributed by atoms with van der Waals surface area (Å²) < 4.78 is 14.1. The van der Waals surface area contributed by atoms with Gasteiger partial charge in [0.1, 0.15) is 11.9 Å². The molecule has 0 spiro atoms. The van der Waals surface area contributed by atoms with Gasteiger partial charge in [0.05, 0.1) is 11.6 Å². The van der Waals surface area contributed by atoms with Crippen molar-refractivity contribution in [3.05, 3.63) is 40.6 Å². The molecular weight excluding hydrogens is 265 g/mol. The number of amides is 2. The summed E-state index contributed by atoms with van der Waals surface area (Å²) in [6, 6.07) is 2.93. The average Bonchev–Trinajstić information content (AvgIpc) is 2.40. The van der Waals surface area contributed by atoms with Gasteiger partial charge in [0.15, 0.2) is 0 Å². The molecule has 0 saturated carbocycles. The fraction of sp³-hybridized carbons (Fsp3) is 0.231. The van der Waals surface area contributed by atoms with Gasteiger partial charge in [0.2, 0.25) is 5.91 Å². The minimum atomic E-state index is -0.811. The summed E-state index contributed by atoms with van der Waals surface area (Å²) in [7, 11) is 0. The van der Waals surface area contributed by atoms with Crippen molar-refractivity contribution < 1.29 is 14.0 Å². The highest BCUT2D eigenvalue weighted by Gasteiger charge is 2.29. The normalized spacial score (nSPS) is 19.1. The van der Waals surface area contributed by atoms with E-state index in [0.717, 1.165) is 4.68 Å². The van der Waals surface area contributed by atoms with Crippen LogP contribution in [0.3, 0.4) is 0 Å². The van der Waals surface area contributed by atoms with Gasteiger partial charge in [-0.15, -0.1) is 0 Å². The lowest BCUT2D eigenvalue weighted by atomic mass is 10.1. The quantitative estimate of drug-likeness (QED) is 0.769. The maximum atomic E-state index is 13.1. The molecule has 6 nitrogen and oxygen atoms in total. The van der Waals surface area contributed by atoms with E-state index >= 15 is 0 Å². The lowest BCUT2D eigenvalue weighted by Gasteiger charge is -2.21. The molecule has 1 aromatic carbocycles. The number of hydrogen-bond acceptors (Lipinski definition) is 4. The number of piperidine rings is 1. The predicted octanol–water partition coefficient (Wildman–Crippen LogP) is 0.513. The molecule has 0 aliphatic carbocycles. The maximum Gasteiger partial charge on any atom is 0.275 e. The molecule has 7 heteroatoms. The zero-order valence-corrected chi connectivity index (χ0v) is 10.3. The van der Waals surface area contributed by atoms with Crippen LogP contribution < -0.4 is 10.9 Å². The van der Waals surface area contributed by atoms with Crippen LogP contribution >= 0.6 is 0 Å². The molecule has 1 saturated heterocycles. The van der Waals surface area contributed by atoms with Crippen molar-refractivity contribution in [2.24, 2.45) is 0 Å². The van der Waals surface area contributed by atoms with Crippen molar-refractivity contribution in [3.8, 4) is 0 Å². The molecule has 1 fully saturated rings. The molecular formula is C13H10FN3O3. The topological polar surface area (TPSA) is 81.1 Å². The first-order valence-corrected chi connectivity index (χ1v) is 6.07. The Hall–Kier alpha value is -2.57. The van der Waals surface area contributed by atoms with E-state index in [0.29, 0.717) is 5.39 Å². The Labute approximate surface area is 112 Å². The first-order chi connectivity index (χ1) is 9.56. The van der Waals surface area contributed by atoms with Gasteiger partial charge in [-0.05, 0) is 24.6 Å². The number of benzene rings is 1. The maximum absolute atomic E-state index is 13.1. The number of nitrogens with one attached hydrogen (secondary N) is 1. The number of fused-ring (bicyclic) bond motifs is 1. The second-order valence-corrected chi connectivity index (χ2v) is 4.59. The van der Waals surface area contributed by atoms with Crippen LogP contribution in [-0.4, -0.2) is 21.6 Å². The summed E-state index contributed by atoms with van der Waals surface area (Å²) in [6.07, 6.45) is 1.72. The molecule has 1 aliphatic heterocycles. The van der Waals surface area contributed by atoms with Crippen LogP contribution in [0.5, 0.6) is 0 Å². The van der Waals surface area contributed by atoms with Crippen molar-refractivity contribution >= 4 is 22.6 Å². The van der Waals surface area contributed by atoms with Gasteiger partial charge in [0, 0.05) is 11.8 Å². The highest BCUT2D eigenvalue weighted by atomic mass is 19.1. The number of halogens is 1. The van der Waals surface area contributed by atoms with Crippen molar-refractivity contribution in [2.75, 3.05) is 0 Å². The van der Waals surface area contributed by atoms with E-state index < -0.39 is 23.3 Å². The highest BCUT2D eigenvalue weighted by Crippen LogP contribution is 2.17. The third-order valence-electron chi connectivity index (χ3n) is 3.28. The number of aromatic nitrogens is 2. The Balaban J connectivity index is 2.11. The van der Waals surface area contributed by atoms with E-state index in [-0.39, 0.29) is 24.1 Å². The third-order valence-corrected chi connectivity index (χ3v) is 3.28. The van der Waals surface area contributed by atoms with Crippen LogP contribution in [0.2, 0.25) is 0 Å². The van der Waals surface area contributed by atoms with Crippen LogP contribution in [0.4, 0.5) is 4.39 Å². The number of rotatable bonds is 1. The number of nitrogens with zero attached hydrogens (tertiary/aromatic N) is 2. The lowest BCUT2D eigenvalue weighted by Crippen LogP contribution is -2.45. The van der Waals surface area contributed by atoms with Gasteiger partial charge in [-0.2, -0.15) is 5.10 Å². The Bertz CT molecular complexity index is 784. The zero-order chi connectivity index (χ0) is 14.3. The van der Waals surface area contributed by atoms with Crippen molar-refractivity contribution in [3.63, 3.8) is 0 Å². The monoisotopic (exact) mass is 275 g/mol. The van der Waals surface area contributed by atoms with Crippen LogP contribution in [0.1, 0.15) is 18.9 Å². The summed E-state index contributed by atoms with van der Waals surface area (Å²) in [6.45, 7) is 0. The molecule has 3 rings (SSSR count). The summed E-state index contributed by atoms with van der Waals surface area (Å²) >= 11 is 0. The second kappa shape index (κ2) is 4.52. The molecule has 2 aromatic rings. The number of imide groups is 1. The molecule has 0 bridgehead atoms. The van der Waals surface area contributed by atoms with E-state index in [9.17, 15) is 18.8 Å². The molecule has 1 N–H and O–H groups in total. The highest BCUT2D eigenvalue weighted by molar-refractivity contribution is 5.99. The van der Waals surface area contributed by atoms with Gasteiger partial charge in [-0.1, -0.05) is 0 Å². The molecule has 1 aliphatic rings. The van der Waals surface area contributed by atoms with E-state index in [1.165, 1.54) is 24.4 Å². The van der Waals surface area contributed by atoms with Gasteiger partial charge in [0.25, 0.3) is 11.5 Å². The Kier molecular flexibility index (Phi) is 2.81. The van der Waals surface area contributed by atoms with E-state index in [2.05, 4.69) is 10.4 Å². The Morgan fingerprint density at radius 1 is 1.30 bits per heavy atom. The summed E-state index contributed by atoms with van der Waals surface area (Å²) in [5.74, 6) is -1.36. The van der Waals surface area contributed by atoms with Crippen molar-refractivity contribution in [2.45, 2.75) is 18.9 Å². The molecule has 20 heavy (non-hydrogen) atoms. The average molecular weight is 275 g/mol. The zero-order valence-electron chi connectivity index (χ0n) is 10.3. The summed E-state index contributed by atoms with van der Waals surface area (Å²) in [4.78, 5) is 35.1. The van der Waals surface area contributed by atoms with E-state index in [1.54, 1.807) is 0 Å². The molecule has 2 amide bonds. The van der Waals surface area contributed by atoms with Crippen molar-refractivity contribution in [1.29, 1.82) is 0 Å². The van der Waals surface area contributed by atoms with Crippen molar-refractivity contribution in [1.82, 2.24) is 15.1 Å². The minimum absolute atomic E-state index is 0.159. The smallest absolute Gasteiger partial charge is 0.275 e. The number of carbonyl (C=O) groups is 2. The fourth-order valence-corrected chi connectivity index (χ4v) is 2.27. The Morgan fingerprint density at radius 2 is 2.10 bits per heavy atom.